The first kappa shape index (κ1) is 13.4. The van der Waals surface area contributed by atoms with Gasteiger partial charge in [0.2, 0.25) is 0 Å². The third-order valence-electron chi connectivity index (χ3n) is 3.06. The monoisotopic (exact) mass is 259 g/mol. The SMILES string of the molecule is CC(C)c1nn(C)c(NCCc2ccccn2)c1N. The normalized spacial score (nSPS) is 10.9. The molecule has 3 N–H and O–H groups in total. The number of nitrogen functional groups attached to an aromatic ring is 1. The van der Waals surface area contributed by atoms with Gasteiger partial charge >= 0.3 is 0 Å². The van der Waals surface area contributed by atoms with Crippen LogP contribution in [-0.4, -0.2) is 21.3 Å². The molecule has 2 heterocycles. The Bertz CT molecular complexity index is 530. The summed E-state index contributed by atoms with van der Waals surface area (Å²) in [6, 6.07) is 5.94. The molecule has 0 spiro atoms. The van der Waals surface area contributed by atoms with Gasteiger partial charge in [0.1, 0.15) is 5.82 Å². The Labute approximate surface area is 113 Å². The predicted molar refractivity (Wildman–Crippen MR) is 78.1 cm³/mol. The highest BCUT2D eigenvalue weighted by Gasteiger charge is 2.15. The zero-order valence-electron chi connectivity index (χ0n) is 11.7. The number of nitrogens with one attached hydrogen (secondary N) is 1. The Morgan fingerprint density at radius 1 is 1.37 bits per heavy atom. The number of nitrogens with zero attached hydrogens (tertiary/aromatic N) is 3. The summed E-state index contributed by atoms with van der Waals surface area (Å²) in [5.41, 5.74) is 8.89. The summed E-state index contributed by atoms with van der Waals surface area (Å²) < 4.78 is 1.81. The summed E-state index contributed by atoms with van der Waals surface area (Å²) in [7, 11) is 1.91. The molecule has 0 unspecified atom stereocenters. The lowest BCUT2D eigenvalue weighted by Gasteiger charge is -2.07. The number of anilines is 2. The number of hydrogen-bond acceptors (Lipinski definition) is 4. The third kappa shape index (κ3) is 3.05. The Kier molecular flexibility index (Phi) is 4.04. The molecule has 0 amide bonds. The van der Waals surface area contributed by atoms with Crippen molar-refractivity contribution in [1.29, 1.82) is 0 Å². The van der Waals surface area contributed by atoms with Gasteiger partial charge in [-0.2, -0.15) is 5.10 Å². The van der Waals surface area contributed by atoms with Crippen molar-refractivity contribution in [3.63, 3.8) is 0 Å². The molecule has 2 aromatic heterocycles. The second kappa shape index (κ2) is 5.73. The van der Waals surface area contributed by atoms with E-state index in [2.05, 4.69) is 29.2 Å². The van der Waals surface area contributed by atoms with E-state index in [9.17, 15) is 0 Å². The van der Waals surface area contributed by atoms with E-state index < -0.39 is 0 Å². The summed E-state index contributed by atoms with van der Waals surface area (Å²) in [6.07, 6.45) is 2.67. The lowest BCUT2D eigenvalue weighted by molar-refractivity contribution is 0.714. The average Bonchev–Trinajstić information content (AvgIpc) is 2.68. The quantitative estimate of drug-likeness (QED) is 0.863. The fourth-order valence-electron chi connectivity index (χ4n) is 2.05. The van der Waals surface area contributed by atoms with Crippen molar-refractivity contribution in [1.82, 2.24) is 14.8 Å². The van der Waals surface area contributed by atoms with Crippen LogP contribution in [0.15, 0.2) is 24.4 Å². The fourth-order valence-corrected chi connectivity index (χ4v) is 2.05. The highest BCUT2D eigenvalue weighted by molar-refractivity contribution is 5.65. The average molecular weight is 259 g/mol. The number of aryl methyl sites for hydroxylation is 1. The van der Waals surface area contributed by atoms with E-state index in [1.807, 2.05) is 36.1 Å². The topological polar surface area (TPSA) is 68.8 Å². The standard InChI is InChI=1S/C14H21N5/c1-10(2)13-12(15)14(19(3)18-13)17-9-7-11-6-4-5-8-16-11/h4-6,8,10,17H,7,9,15H2,1-3H3. The number of rotatable bonds is 5. The zero-order valence-corrected chi connectivity index (χ0v) is 11.7. The Morgan fingerprint density at radius 3 is 2.74 bits per heavy atom. The van der Waals surface area contributed by atoms with E-state index in [-0.39, 0.29) is 0 Å². The first-order chi connectivity index (χ1) is 9.09. The summed E-state index contributed by atoms with van der Waals surface area (Å²) in [5.74, 6) is 1.22. The Morgan fingerprint density at radius 2 is 2.16 bits per heavy atom. The van der Waals surface area contributed by atoms with Gasteiger partial charge in [0, 0.05) is 31.9 Å². The second-order valence-corrected chi connectivity index (χ2v) is 4.92. The highest BCUT2D eigenvalue weighted by atomic mass is 15.3. The van der Waals surface area contributed by atoms with E-state index in [1.54, 1.807) is 0 Å². The van der Waals surface area contributed by atoms with Crippen molar-refractivity contribution in [3.8, 4) is 0 Å². The second-order valence-electron chi connectivity index (χ2n) is 4.92. The molecule has 0 bridgehead atoms. The van der Waals surface area contributed by atoms with E-state index in [1.165, 1.54) is 0 Å². The number of pyridine rings is 1. The summed E-state index contributed by atoms with van der Waals surface area (Å²) in [6.45, 7) is 4.98. The first-order valence-electron chi connectivity index (χ1n) is 6.55. The summed E-state index contributed by atoms with van der Waals surface area (Å²) in [4.78, 5) is 4.29. The Hall–Kier alpha value is -2.04. The van der Waals surface area contributed by atoms with Gasteiger partial charge in [-0.15, -0.1) is 0 Å². The van der Waals surface area contributed by atoms with Gasteiger partial charge in [-0.25, -0.2) is 0 Å². The van der Waals surface area contributed by atoms with Gasteiger partial charge in [0.05, 0.1) is 11.4 Å². The minimum atomic E-state index is 0.331. The van der Waals surface area contributed by atoms with Crippen LogP contribution < -0.4 is 11.1 Å². The highest BCUT2D eigenvalue weighted by Crippen LogP contribution is 2.27. The van der Waals surface area contributed by atoms with Gasteiger partial charge in [-0.05, 0) is 18.1 Å². The van der Waals surface area contributed by atoms with Gasteiger partial charge in [0.25, 0.3) is 0 Å². The minimum Gasteiger partial charge on any atom is -0.394 e. The molecule has 0 aromatic carbocycles. The van der Waals surface area contributed by atoms with E-state index in [4.69, 9.17) is 5.73 Å². The van der Waals surface area contributed by atoms with Gasteiger partial charge in [0.15, 0.2) is 0 Å². The maximum Gasteiger partial charge on any atom is 0.147 e. The fraction of sp³-hybridized carbons (Fsp3) is 0.429. The van der Waals surface area contributed by atoms with Crippen LogP contribution >= 0.6 is 0 Å². The molecule has 19 heavy (non-hydrogen) atoms. The molecule has 0 fully saturated rings. The van der Waals surface area contributed by atoms with Crippen molar-refractivity contribution in [3.05, 3.63) is 35.8 Å². The first-order valence-corrected chi connectivity index (χ1v) is 6.55. The molecule has 0 atom stereocenters. The molecule has 5 heteroatoms. The molecule has 0 aliphatic rings. The molecule has 0 aliphatic heterocycles. The molecular weight excluding hydrogens is 238 g/mol. The molecule has 2 aromatic rings. The lowest BCUT2D eigenvalue weighted by atomic mass is 10.1. The van der Waals surface area contributed by atoms with Crippen LogP contribution in [0.3, 0.4) is 0 Å². The lowest BCUT2D eigenvalue weighted by Crippen LogP contribution is -2.10. The van der Waals surface area contributed by atoms with Gasteiger partial charge in [-0.1, -0.05) is 19.9 Å². The van der Waals surface area contributed by atoms with Crippen LogP contribution in [-0.2, 0) is 13.5 Å². The largest absolute Gasteiger partial charge is 0.394 e. The van der Waals surface area contributed by atoms with Crippen molar-refractivity contribution in [2.24, 2.45) is 7.05 Å². The van der Waals surface area contributed by atoms with Crippen LogP contribution in [0.5, 0.6) is 0 Å². The predicted octanol–water partition coefficient (Wildman–Crippen LogP) is 2.18. The van der Waals surface area contributed by atoms with Crippen LogP contribution in [0.1, 0.15) is 31.2 Å². The summed E-state index contributed by atoms with van der Waals surface area (Å²) in [5, 5.41) is 7.79. The molecule has 0 saturated carbocycles. The number of nitrogens with two attached hydrogens (primary N) is 1. The van der Waals surface area contributed by atoms with Gasteiger partial charge < -0.3 is 11.1 Å². The van der Waals surface area contributed by atoms with Crippen molar-refractivity contribution < 1.29 is 0 Å². The van der Waals surface area contributed by atoms with Crippen LogP contribution in [0.2, 0.25) is 0 Å². The van der Waals surface area contributed by atoms with Crippen LogP contribution in [0.4, 0.5) is 11.5 Å². The van der Waals surface area contributed by atoms with Crippen molar-refractivity contribution in [2.45, 2.75) is 26.2 Å². The maximum absolute atomic E-state index is 6.12. The van der Waals surface area contributed by atoms with E-state index in [0.717, 1.165) is 35.9 Å². The minimum absolute atomic E-state index is 0.331. The smallest absolute Gasteiger partial charge is 0.147 e. The van der Waals surface area contributed by atoms with Crippen LogP contribution in [0.25, 0.3) is 0 Å². The van der Waals surface area contributed by atoms with Crippen molar-refractivity contribution in [2.75, 3.05) is 17.6 Å². The van der Waals surface area contributed by atoms with E-state index >= 15 is 0 Å². The summed E-state index contributed by atoms with van der Waals surface area (Å²) >= 11 is 0. The Balaban J connectivity index is 2.00. The zero-order chi connectivity index (χ0) is 13.8. The van der Waals surface area contributed by atoms with E-state index in [0.29, 0.717) is 5.92 Å². The molecule has 0 saturated heterocycles. The molecule has 0 aliphatic carbocycles. The molecule has 102 valence electrons. The third-order valence-corrected chi connectivity index (χ3v) is 3.06. The van der Waals surface area contributed by atoms with Crippen molar-refractivity contribution >= 4 is 11.5 Å². The molecular formula is C14H21N5. The molecule has 0 radical (unpaired) electrons. The molecule has 5 nitrogen and oxygen atoms in total. The number of hydrogen-bond donors (Lipinski definition) is 2. The number of aromatic nitrogens is 3. The molecule has 2 rings (SSSR count). The maximum atomic E-state index is 6.12. The van der Waals surface area contributed by atoms with Crippen LogP contribution in [0, 0.1) is 0 Å². The van der Waals surface area contributed by atoms with Gasteiger partial charge in [-0.3, -0.25) is 9.67 Å².